The predicted octanol–water partition coefficient (Wildman–Crippen LogP) is 1.86. The first-order valence-electron chi connectivity index (χ1n) is 6.97. The summed E-state index contributed by atoms with van der Waals surface area (Å²) >= 11 is 0. The number of nitrogens with one attached hydrogen (secondary N) is 1. The molecule has 0 spiro atoms. The lowest BCUT2D eigenvalue weighted by Gasteiger charge is -2.30. The average Bonchev–Trinajstić information content (AvgIpc) is 2.62. The van der Waals surface area contributed by atoms with Crippen molar-refractivity contribution in [1.29, 1.82) is 0 Å². The van der Waals surface area contributed by atoms with Gasteiger partial charge in [-0.2, -0.15) is 0 Å². The first kappa shape index (κ1) is 14.9. The molecule has 1 fully saturated rings. The van der Waals surface area contributed by atoms with Gasteiger partial charge in [0, 0.05) is 24.7 Å². The van der Waals surface area contributed by atoms with Gasteiger partial charge in [-0.15, -0.1) is 0 Å². The molecule has 1 aliphatic rings. The summed E-state index contributed by atoms with van der Waals surface area (Å²) in [6.45, 7) is 13.6. The van der Waals surface area contributed by atoms with Crippen LogP contribution in [0.1, 0.15) is 47.5 Å². The fraction of sp³-hybridized carbons (Fsp3) is 1.00. The van der Waals surface area contributed by atoms with Crippen molar-refractivity contribution in [3.05, 3.63) is 0 Å². The van der Waals surface area contributed by atoms with Gasteiger partial charge in [0.1, 0.15) is 0 Å². The SMILES string of the molecule is CC(C)C1CCCN1CC(O)CNC(C)(C)C. The minimum Gasteiger partial charge on any atom is -0.390 e. The number of β-amino-alcohol motifs (C(OH)–C–C–N with tert-alkyl or cyclic N) is 1. The molecule has 3 heteroatoms. The van der Waals surface area contributed by atoms with Crippen LogP contribution in [-0.2, 0) is 0 Å². The van der Waals surface area contributed by atoms with E-state index in [0.29, 0.717) is 18.5 Å². The lowest BCUT2D eigenvalue weighted by atomic mass is 10.0. The summed E-state index contributed by atoms with van der Waals surface area (Å²) in [6, 6.07) is 0.666. The summed E-state index contributed by atoms with van der Waals surface area (Å²) in [5, 5.41) is 13.4. The summed E-state index contributed by atoms with van der Waals surface area (Å²) in [6.07, 6.45) is 2.31. The second-order valence-corrected chi connectivity index (χ2v) is 6.73. The maximum absolute atomic E-state index is 10.1. The monoisotopic (exact) mass is 242 g/mol. The average molecular weight is 242 g/mol. The lowest BCUT2D eigenvalue weighted by molar-refractivity contribution is 0.0883. The maximum atomic E-state index is 10.1. The van der Waals surface area contributed by atoms with Crippen LogP contribution in [0, 0.1) is 5.92 Å². The van der Waals surface area contributed by atoms with Crippen LogP contribution in [0.25, 0.3) is 0 Å². The van der Waals surface area contributed by atoms with Crippen LogP contribution in [0.4, 0.5) is 0 Å². The molecule has 2 N–H and O–H groups in total. The molecule has 2 atom stereocenters. The van der Waals surface area contributed by atoms with Crippen LogP contribution in [-0.4, -0.2) is 47.3 Å². The van der Waals surface area contributed by atoms with Crippen molar-refractivity contribution >= 4 is 0 Å². The minimum atomic E-state index is -0.256. The molecule has 1 rings (SSSR count). The molecule has 0 aromatic heterocycles. The Bertz CT molecular complexity index is 223. The van der Waals surface area contributed by atoms with Gasteiger partial charge in [-0.05, 0) is 46.1 Å². The zero-order valence-corrected chi connectivity index (χ0v) is 12.2. The molecule has 0 aliphatic carbocycles. The fourth-order valence-electron chi connectivity index (χ4n) is 2.59. The van der Waals surface area contributed by atoms with Gasteiger partial charge < -0.3 is 10.4 Å². The van der Waals surface area contributed by atoms with E-state index in [9.17, 15) is 5.11 Å². The smallest absolute Gasteiger partial charge is 0.0791 e. The number of aliphatic hydroxyl groups excluding tert-OH is 1. The summed E-state index contributed by atoms with van der Waals surface area (Å²) in [4.78, 5) is 2.46. The number of nitrogens with zero attached hydrogens (tertiary/aromatic N) is 1. The van der Waals surface area contributed by atoms with Gasteiger partial charge >= 0.3 is 0 Å². The van der Waals surface area contributed by atoms with Crippen LogP contribution < -0.4 is 5.32 Å². The molecule has 0 radical (unpaired) electrons. The van der Waals surface area contributed by atoms with Crippen LogP contribution >= 0.6 is 0 Å². The number of likely N-dealkylation sites (tertiary alicyclic amines) is 1. The van der Waals surface area contributed by atoms with Crippen molar-refractivity contribution in [2.75, 3.05) is 19.6 Å². The van der Waals surface area contributed by atoms with Crippen molar-refractivity contribution in [1.82, 2.24) is 10.2 Å². The molecule has 2 unspecified atom stereocenters. The third-order valence-corrected chi connectivity index (χ3v) is 3.50. The molecule has 1 aliphatic heterocycles. The van der Waals surface area contributed by atoms with E-state index in [2.05, 4.69) is 44.8 Å². The first-order valence-corrected chi connectivity index (χ1v) is 6.97. The van der Waals surface area contributed by atoms with Gasteiger partial charge in [-0.25, -0.2) is 0 Å². The Morgan fingerprint density at radius 2 is 2.00 bits per heavy atom. The van der Waals surface area contributed by atoms with E-state index in [-0.39, 0.29) is 11.6 Å². The zero-order valence-electron chi connectivity index (χ0n) is 12.2. The van der Waals surface area contributed by atoms with E-state index in [0.717, 1.165) is 13.1 Å². The Kier molecular flexibility index (Phi) is 5.42. The molecule has 1 saturated heterocycles. The molecule has 0 saturated carbocycles. The summed E-state index contributed by atoms with van der Waals surface area (Å²) in [5.41, 5.74) is 0.0867. The van der Waals surface area contributed by atoms with Crippen molar-refractivity contribution < 1.29 is 5.11 Å². The van der Waals surface area contributed by atoms with Gasteiger partial charge in [0.05, 0.1) is 6.10 Å². The highest BCUT2D eigenvalue weighted by molar-refractivity contribution is 4.84. The second kappa shape index (κ2) is 6.17. The van der Waals surface area contributed by atoms with E-state index in [1.807, 2.05) is 0 Å². The van der Waals surface area contributed by atoms with Crippen molar-refractivity contribution in [2.24, 2.45) is 5.92 Å². The van der Waals surface area contributed by atoms with Crippen LogP contribution in [0.3, 0.4) is 0 Å². The summed E-state index contributed by atoms with van der Waals surface area (Å²) in [7, 11) is 0. The Morgan fingerprint density at radius 1 is 1.35 bits per heavy atom. The van der Waals surface area contributed by atoms with Crippen LogP contribution in [0.5, 0.6) is 0 Å². The Labute approximate surface area is 107 Å². The topological polar surface area (TPSA) is 35.5 Å². The third kappa shape index (κ3) is 5.36. The lowest BCUT2D eigenvalue weighted by Crippen LogP contribution is -2.46. The van der Waals surface area contributed by atoms with Gasteiger partial charge in [0.15, 0.2) is 0 Å². The minimum absolute atomic E-state index is 0.0867. The zero-order chi connectivity index (χ0) is 13.1. The highest BCUT2D eigenvalue weighted by Gasteiger charge is 2.28. The summed E-state index contributed by atoms with van der Waals surface area (Å²) < 4.78 is 0. The Morgan fingerprint density at radius 3 is 2.53 bits per heavy atom. The Hall–Kier alpha value is -0.120. The van der Waals surface area contributed by atoms with Gasteiger partial charge in [0.2, 0.25) is 0 Å². The van der Waals surface area contributed by atoms with Crippen molar-refractivity contribution in [3.63, 3.8) is 0 Å². The number of hydrogen-bond donors (Lipinski definition) is 2. The number of rotatable bonds is 5. The number of hydrogen-bond acceptors (Lipinski definition) is 3. The van der Waals surface area contributed by atoms with Crippen LogP contribution in [0.2, 0.25) is 0 Å². The van der Waals surface area contributed by atoms with Crippen molar-refractivity contribution in [3.8, 4) is 0 Å². The van der Waals surface area contributed by atoms with E-state index in [4.69, 9.17) is 0 Å². The van der Waals surface area contributed by atoms with E-state index < -0.39 is 0 Å². The molecular formula is C14H30N2O. The van der Waals surface area contributed by atoms with Crippen molar-refractivity contribution in [2.45, 2.75) is 65.1 Å². The molecule has 0 aromatic rings. The highest BCUT2D eigenvalue weighted by Crippen LogP contribution is 2.23. The van der Waals surface area contributed by atoms with E-state index >= 15 is 0 Å². The quantitative estimate of drug-likeness (QED) is 0.772. The molecule has 1 heterocycles. The molecule has 3 nitrogen and oxygen atoms in total. The molecule has 17 heavy (non-hydrogen) atoms. The molecule has 102 valence electrons. The van der Waals surface area contributed by atoms with Gasteiger partial charge in [-0.3, -0.25) is 4.90 Å². The summed E-state index contributed by atoms with van der Waals surface area (Å²) in [5.74, 6) is 0.695. The molecule has 0 bridgehead atoms. The fourth-order valence-corrected chi connectivity index (χ4v) is 2.59. The Balaban J connectivity index is 2.32. The van der Waals surface area contributed by atoms with Gasteiger partial charge in [0.25, 0.3) is 0 Å². The highest BCUT2D eigenvalue weighted by atomic mass is 16.3. The second-order valence-electron chi connectivity index (χ2n) is 6.73. The predicted molar refractivity (Wildman–Crippen MR) is 73.2 cm³/mol. The largest absolute Gasteiger partial charge is 0.390 e. The molecular weight excluding hydrogens is 212 g/mol. The molecule has 0 amide bonds. The third-order valence-electron chi connectivity index (χ3n) is 3.50. The first-order chi connectivity index (χ1) is 7.79. The normalized spacial score (nSPS) is 24.5. The maximum Gasteiger partial charge on any atom is 0.0791 e. The van der Waals surface area contributed by atoms with Gasteiger partial charge in [-0.1, -0.05) is 13.8 Å². The van der Waals surface area contributed by atoms with E-state index in [1.165, 1.54) is 12.8 Å². The van der Waals surface area contributed by atoms with E-state index in [1.54, 1.807) is 0 Å². The van der Waals surface area contributed by atoms with Crippen LogP contribution in [0.15, 0.2) is 0 Å². The standard InChI is InChI=1S/C14H30N2O/c1-11(2)13-7-6-8-16(13)10-12(17)9-15-14(3,4)5/h11-13,15,17H,6-10H2,1-5H3. The molecule has 0 aromatic carbocycles. The number of aliphatic hydroxyl groups is 1.